The minimum absolute atomic E-state index is 0.0567. The molecule has 8 heteroatoms. The maximum absolute atomic E-state index is 14.0. The lowest BCUT2D eigenvalue weighted by Crippen LogP contribution is -2.12. The van der Waals surface area contributed by atoms with E-state index in [2.05, 4.69) is 25.4 Å². The predicted octanol–water partition coefficient (Wildman–Crippen LogP) is 3.34. The molecule has 0 unspecified atom stereocenters. The van der Waals surface area contributed by atoms with Gasteiger partial charge in [-0.25, -0.2) is 8.78 Å². The Hall–Kier alpha value is -2.51. The summed E-state index contributed by atoms with van der Waals surface area (Å²) in [5.74, 6) is 0.337. The largest absolute Gasteiger partial charge is 0.375 e. The Labute approximate surface area is 143 Å². The van der Waals surface area contributed by atoms with Gasteiger partial charge in [0.25, 0.3) is 0 Å². The SMILES string of the molecule is CC(=O)Nc1cc(NCc2nnc(C3CC3)n2C2CC2)c(F)cc1F. The van der Waals surface area contributed by atoms with Gasteiger partial charge in [-0.3, -0.25) is 4.79 Å². The summed E-state index contributed by atoms with van der Waals surface area (Å²) in [6, 6.07) is 2.45. The number of benzene rings is 1. The summed E-state index contributed by atoms with van der Waals surface area (Å²) in [5, 5.41) is 13.9. The van der Waals surface area contributed by atoms with E-state index < -0.39 is 17.5 Å². The van der Waals surface area contributed by atoms with Crippen molar-refractivity contribution in [3.63, 3.8) is 0 Å². The van der Waals surface area contributed by atoms with Crippen LogP contribution in [0.15, 0.2) is 12.1 Å². The van der Waals surface area contributed by atoms with Crippen LogP contribution in [0, 0.1) is 11.6 Å². The molecule has 2 aliphatic carbocycles. The lowest BCUT2D eigenvalue weighted by Gasteiger charge is -2.12. The molecular weight excluding hydrogens is 328 g/mol. The molecule has 0 spiro atoms. The van der Waals surface area contributed by atoms with Gasteiger partial charge in [-0.15, -0.1) is 10.2 Å². The molecule has 2 N–H and O–H groups in total. The molecule has 1 aromatic heterocycles. The number of amides is 1. The van der Waals surface area contributed by atoms with Crippen LogP contribution in [0.25, 0.3) is 0 Å². The number of nitrogens with zero attached hydrogens (tertiary/aromatic N) is 3. The van der Waals surface area contributed by atoms with Crippen LogP contribution in [0.1, 0.15) is 56.2 Å². The number of aromatic nitrogens is 3. The fourth-order valence-corrected chi connectivity index (χ4v) is 2.95. The molecular formula is C17H19F2N5O. The van der Waals surface area contributed by atoms with Gasteiger partial charge >= 0.3 is 0 Å². The molecule has 2 saturated carbocycles. The van der Waals surface area contributed by atoms with E-state index in [0.29, 0.717) is 12.0 Å². The molecule has 0 aliphatic heterocycles. The Kier molecular flexibility index (Phi) is 3.89. The van der Waals surface area contributed by atoms with Crippen LogP contribution in [-0.2, 0) is 11.3 Å². The van der Waals surface area contributed by atoms with E-state index in [1.807, 2.05) is 0 Å². The quantitative estimate of drug-likeness (QED) is 0.841. The highest BCUT2D eigenvalue weighted by Gasteiger charge is 2.36. The van der Waals surface area contributed by atoms with Crippen LogP contribution in [0.3, 0.4) is 0 Å². The van der Waals surface area contributed by atoms with Crippen molar-refractivity contribution in [3.05, 3.63) is 35.4 Å². The van der Waals surface area contributed by atoms with Gasteiger partial charge in [-0.2, -0.15) is 0 Å². The fraction of sp³-hybridized carbons (Fsp3) is 0.471. The molecule has 0 atom stereocenters. The van der Waals surface area contributed by atoms with Crippen molar-refractivity contribution < 1.29 is 13.6 Å². The lowest BCUT2D eigenvalue weighted by molar-refractivity contribution is -0.114. The average Bonchev–Trinajstić information content (AvgIpc) is 3.47. The van der Waals surface area contributed by atoms with Crippen LogP contribution < -0.4 is 10.6 Å². The monoisotopic (exact) mass is 347 g/mol. The molecule has 0 saturated heterocycles. The minimum atomic E-state index is -0.810. The molecule has 4 rings (SSSR count). The van der Waals surface area contributed by atoms with E-state index in [9.17, 15) is 13.6 Å². The molecule has 0 bridgehead atoms. The number of hydrogen-bond donors (Lipinski definition) is 2. The van der Waals surface area contributed by atoms with Gasteiger partial charge in [0.05, 0.1) is 17.9 Å². The smallest absolute Gasteiger partial charge is 0.221 e. The first kappa shape index (κ1) is 16.0. The minimum Gasteiger partial charge on any atom is -0.375 e. The van der Waals surface area contributed by atoms with Crippen LogP contribution >= 0.6 is 0 Å². The molecule has 2 fully saturated rings. The normalized spacial score (nSPS) is 16.8. The second-order valence-electron chi connectivity index (χ2n) is 6.70. The van der Waals surface area contributed by atoms with Crippen molar-refractivity contribution in [2.75, 3.05) is 10.6 Å². The van der Waals surface area contributed by atoms with E-state index in [1.165, 1.54) is 13.0 Å². The first-order chi connectivity index (χ1) is 12.0. The van der Waals surface area contributed by atoms with Gasteiger partial charge in [0.1, 0.15) is 17.5 Å². The Morgan fingerprint density at radius 2 is 1.88 bits per heavy atom. The van der Waals surface area contributed by atoms with Gasteiger partial charge in [0.15, 0.2) is 5.82 Å². The van der Waals surface area contributed by atoms with Crippen molar-refractivity contribution in [2.24, 2.45) is 0 Å². The van der Waals surface area contributed by atoms with Crippen molar-refractivity contribution >= 4 is 17.3 Å². The highest BCUT2D eigenvalue weighted by Crippen LogP contribution is 2.44. The van der Waals surface area contributed by atoms with Crippen molar-refractivity contribution in [1.29, 1.82) is 0 Å². The maximum atomic E-state index is 14.0. The maximum Gasteiger partial charge on any atom is 0.221 e. The van der Waals surface area contributed by atoms with Gasteiger partial charge in [-0.05, 0) is 31.7 Å². The number of rotatable bonds is 6. The number of halogens is 2. The number of nitrogens with one attached hydrogen (secondary N) is 2. The second-order valence-corrected chi connectivity index (χ2v) is 6.70. The molecule has 2 aromatic rings. The van der Waals surface area contributed by atoms with Crippen LogP contribution in [0.4, 0.5) is 20.2 Å². The standard InChI is InChI=1S/C17H19F2N5O/c1-9(25)21-15-7-14(12(18)6-13(15)19)20-8-16-22-23-17(10-2-3-10)24(16)11-4-5-11/h6-7,10-11,20H,2-5,8H2,1H3,(H,21,25). The van der Waals surface area contributed by atoms with Crippen LogP contribution in [0.2, 0.25) is 0 Å². The van der Waals surface area contributed by atoms with Crippen molar-refractivity contribution in [3.8, 4) is 0 Å². The van der Waals surface area contributed by atoms with Crippen molar-refractivity contribution in [2.45, 2.75) is 51.1 Å². The van der Waals surface area contributed by atoms with Crippen molar-refractivity contribution in [1.82, 2.24) is 14.8 Å². The third kappa shape index (κ3) is 3.33. The predicted molar refractivity (Wildman–Crippen MR) is 88.3 cm³/mol. The second kappa shape index (κ2) is 6.09. The summed E-state index contributed by atoms with van der Waals surface area (Å²) < 4.78 is 29.9. The first-order valence-corrected chi connectivity index (χ1v) is 8.47. The van der Waals surface area contributed by atoms with Gasteiger partial charge in [0, 0.05) is 24.9 Å². The summed E-state index contributed by atoms with van der Waals surface area (Å²) in [6.45, 7) is 1.56. The van der Waals surface area contributed by atoms with Crippen LogP contribution in [0.5, 0.6) is 0 Å². The van der Waals surface area contributed by atoms with Gasteiger partial charge in [-0.1, -0.05) is 0 Å². The molecule has 2 aliphatic rings. The highest BCUT2D eigenvalue weighted by atomic mass is 19.1. The van der Waals surface area contributed by atoms with E-state index >= 15 is 0 Å². The van der Waals surface area contributed by atoms with Gasteiger partial charge in [0.2, 0.25) is 5.91 Å². The molecule has 0 radical (unpaired) electrons. The molecule has 1 amide bonds. The molecule has 6 nitrogen and oxygen atoms in total. The Morgan fingerprint density at radius 3 is 2.52 bits per heavy atom. The van der Waals surface area contributed by atoms with E-state index in [-0.39, 0.29) is 17.9 Å². The lowest BCUT2D eigenvalue weighted by atomic mass is 10.2. The average molecular weight is 347 g/mol. The summed E-state index contributed by atoms with van der Waals surface area (Å²) in [7, 11) is 0. The Morgan fingerprint density at radius 1 is 1.16 bits per heavy atom. The van der Waals surface area contributed by atoms with E-state index in [1.54, 1.807) is 0 Å². The zero-order valence-corrected chi connectivity index (χ0v) is 13.9. The molecule has 1 heterocycles. The number of anilines is 2. The highest BCUT2D eigenvalue weighted by molar-refractivity contribution is 5.89. The molecule has 132 valence electrons. The van der Waals surface area contributed by atoms with Crippen LogP contribution in [-0.4, -0.2) is 20.7 Å². The zero-order valence-electron chi connectivity index (χ0n) is 13.9. The summed E-state index contributed by atoms with van der Waals surface area (Å²) in [6.07, 6.45) is 4.51. The molecule has 1 aromatic carbocycles. The Balaban J connectivity index is 1.54. The third-order valence-electron chi connectivity index (χ3n) is 4.45. The summed E-state index contributed by atoms with van der Waals surface area (Å²) in [4.78, 5) is 11.1. The van der Waals surface area contributed by atoms with Gasteiger partial charge < -0.3 is 15.2 Å². The third-order valence-corrected chi connectivity index (χ3v) is 4.45. The Bertz CT molecular complexity index is 827. The number of hydrogen-bond acceptors (Lipinski definition) is 4. The van der Waals surface area contributed by atoms with E-state index in [0.717, 1.165) is 43.4 Å². The molecule has 25 heavy (non-hydrogen) atoms. The summed E-state index contributed by atoms with van der Waals surface area (Å²) >= 11 is 0. The van der Waals surface area contributed by atoms with E-state index in [4.69, 9.17) is 0 Å². The zero-order chi connectivity index (χ0) is 17.6. The first-order valence-electron chi connectivity index (χ1n) is 8.47. The topological polar surface area (TPSA) is 71.8 Å². The number of carbonyl (C=O) groups is 1. The fourth-order valence-electron chi connectivity index (χ4n) is 2.95. The summed E-state index contributed by atoms with van der Waals surface area (Å²) in [5.41, 5.74) is 0.0576. The number of carbonyl (C=O) groups excluding carboxylic acids is 1.